The van der Waals surface area contributed by atoms with Gasteiger partial charge < -0.3 is 10.2 Å². The maximum absolute atomic E-state index is 13.1. The van der Waals surface area contributed by atoms with E-state index in [-0.39, 0.29) is 5.02 Å². The Morgan fingerprint density at radius 1 is 1.25 bits per heavy atom. The Balaban J connectivity index is 2.76. The van der Waals surface area contributed by atoms with Gasteiger partial charge in [-0.1, -0.05) is 39.3 Å². The average Bonchev–Trinajstić information content (AvgIpc) is 2.32. The van der Waals surface area contributed by atoms with Crippen LogP contribution in [0.4, 0.5) is 10.1 Å². The molecular formula is C15H22ClFN2S. The van der Waals surface area contributed by atoms with Gasteiger partial charge in [-0.15, -0.1) is 0 Å². The Morgan fingerprint density at radius 2 is 1.80 bits per heavy atom. The van der Waals surface area contributed by atoms with Crippen molar-refractivity contribution in [2.45, 2.75) is 27.7 Å². The fourth-order valence-electron chi connectivity index (χ4n) is 1.90. The molecule has 0 bridgehead atoms. The van der Waals surface area contributed by atoms with Gasteiger partial charge in [0.15, 0.2) is 5.11 Å². The molecule has 1 N–H and O–H groups in total. The van der Waals surface area contributed by atoms with Gasteiger partial charge in [0.1, 0.15) is 5.82 Å². The molecule has 0 aliphatic rings. The van der Waals surface area contributed by atoms with E-state index in [1.54, 1.807) is 12.1 Å². The summed E-state index contributed by atoms with van der Waals surface area (Å²) in [6, 6.07) is 4.52. The van der Waals surface area contributed by atoms with Crippen LogP contribution in [0.5, 0.6) is 0 Å². The fourth-order valence-corrected chi connectivity index (χ4v) is 2.35. The lowest BCUT2D eigenvalue weighted by atomic mass is 10.1. The van der Waals surface area contributed by atoms with Gasteiger partial charge in [0.25, 0.3) is 0 Å². The van der Waals surface area contributed by atoms with E-state index < -0.39 is 5.82 Å². The zero-order valence-electron chi connectivity index (χ0n) is 12.4. The van der Waals surface area contributed by atoms with Crippen molar-refractivity contribution in [3.05, 3.63) is 29.0 Å². The Kier molecular flexibility index (Phi) is 6.69. The largest absolute Gasteiger partial charge is 0.349 e. The lowest BCUT2D eigenvalue weighted by molar-refractivity contribution is 0.332. The van der Waals surface area contributed by atoms with Crippen molar-refractivity contribution in [2.24, 2.45) is 11.8 Å². The summed E-state index contributed by atoms with van der Waals surface area (Å²) in [6.45, 7) is 10.4. The topological polar surface area (TPSA) is 15.3 Å². The predicted octanol–water partition coefficient (Wildman–Crippen LogP) is 4.79. The second kappa shape index (κ2) is 7.79. The number of rotatable bonds is 5. The molecule has 1 rings (SSSR count). The third-order valence-electron chi connectivity index (χ3n) is 2.63. The molecule has 0 fully saturated rings. The van der Waals surface area contributed by atoms with Crippen LogP contribution in [0.1, 0.15) is 27.7 Å². The van der Waals surface area contributed by atoms with Crippen LogP contribution in [0.15, 0.2) is 18.2 Å². The monoisotopic (exact) mass is 316 g/mol. The van der Waals surface area contributed by atoms with Gasteiger partial charge in [-0.2, -0.15) is 0 Å². The third kappa shape index (κ3) is 5.63. The Morgan fingerprint density at radius 3 is 2.25 bits per heavy atom. The van der Waals surface area contributed by atoms with E-state index >= 15 is 0 Å². The van der Waals surface area contributed by atoms with Crippen LogP contribution in [0, 0.1) is 17.7 Å². The normalized spacial score (nSPS) is 11.0. The summed E-state index contributed by atoms with van der Waals surface area (Å²) < 4.78 is 13.1. The number of hydrogen-bond donors (Lipinski definition) is 1. The highest BCUT2D eigenvalue weighted by Crippen LogP contribution is 2.20. The summed E-state index contributed by atoms with van der Waals surface area (Å²) >= 11 is 11.2. The van der Waals surface area contributed by atoms with Crippen molar-refractivity contribution in [2.75, 3.05) is 18.4 Å². The number of anilines is 1. The van der Waals surface area contributed by atoms with E-state index in [1.165, 1.54) is 6.07 Å². The van der Waals surface area contributed by atoms with E-state index in [9.17, 15) is 4.39 Å². The molecule has 5 heteroatoms. The first-order valence-corrected chi connectivity index (χ1v) is 7.59. The molecule has 0 saturated heterocycles. The van der Waals surface area contributed by atoms with Gasteiger partial charge in [0.05, 0.1) is 5.02 Å². The van der Waals surface area contributed by atoms with Gasteiger partial charge in [-0.05, 0) is 42.3 Å². The zero-order chi connectivity index (χ0) is 15.3. The summed E-state index contributed by atoms with van der Waals surface area (Å²) in [7, 11) is 0. The summed E-state index contributed by atoms with van der Waals surface area (Å²) in [5.41, 5.74) is 0.707. The Hall–Kier alpha value is -0.870. The third-order valence-corrected chi connectivity index (χ3v) is 3.28. The SMILES string of the molecule is CC(C)CN(CC(C)C)C(=S)Nc1ccc(F)c(Cl)c1. The molecule has 0 amide bonds. The maximum Gasteiger partial charge on any atom is 0.173 e. The van der Waals surface area contributed by atoms with Crippen LogP contribution in [0.3, 0.4) is 0 Å². The summed E-state index contributed by atoms with van der Waals surface area (Å²) in [5, 5.41) is 3.87. The minimum atomic E-state index is -0.427. The molecule has 0 radical (unpaired) electrons. The first-order valence-electron chi connectivity index (χ1n) is 6.80. The quantitative estimate of drug-likeness (QED) is 0.786. The van der Waals surface area contributed by atoms with Crippen LogP contribution in [-0.4, -0.2) is 23.1 Å². The van der Waals surface area contributed by atoms with Crippen molar-refractivity contribution in [1.29, 1.82) is 0 Å². The number of halogens is 2. The molecule has 0 heterocycles. The number of thiocarbonyl (C=S) groups is 1. The molecule has 0 unspecified atom stereocenters. The highest BCUT2D eigenvalue weighted by molar-refractivity contribution is 7.80. The summed E-state index contributed by atoms with van der Waals surface area (Å²) in [6.07, 6.45) is 0. The van der Waals surface area contributed by atoms with Crippen molar-refractivity contribution in [3.63, 3.8) is 0 Å². The zero-order valence-corrected chi connectivity index (χ0v) is 14.0. The number of nitrogens with one attached hydrogen (secondary N) is 1. The molecule has 20 heavy (non-hydrogen) atoms. The molecule has 0 aliphatic carbocycles. The molecule has 0 atom stereocenters. The van der Waals surface area contributed by atoms with Gasteiger partial charge >= 0.3 is 0 Å². The highest BCUT2D eigenvalue weighted by atomic mass is 35.5. The molecular weight excluding hydrogens is 295 g/mol. The van der Waals surface area contributed by atoms with Gasteiger partial charge in [0, 0.05) is 18.8 Å². The van der Waals surface area contributed by atoms with Gasteiger partial charge in [0.2, 0.25) is 0 Å². The number of benzene rings is 1. The number of hydrogen-bond acceptors (Lipinski definition) is 1. The van der Waals surface area contributed by atoms with Crippen molar-refractivity contribution in [1.82, 2.24) is 4.90 Å². The second-order valence-corrected chi connectivity index (χ2v) is 6.55. The first-order chi connectivity index (χ1) is 9.29. The maximum atomic E-state index is 13.1. The minimum Gasteiger partial charge on any atom is -0.349 e. The molecule has 0 aliphatic heterocycles. The molecule has 2 nitrogen and oxygen atoms in total. The molecule has 1 aromatic rings. The van der Waals surface area contributed by atoms with Gasteiger partial charge in [-0.3, -0.25) is 0 Å². The highest BCUT2D eigenvalue weighted by Gasteiger charge is 2.13. The second-order valence-electron chi connectivity index (χ2n) is 5.75. The molecule has 0 spiro atoms. The predicted molar refractivity (Wildman–Crippen MR) is 88.9 cm³/mol. The molecule has 1 aromatic carbocycles. The van der Waals surface area contributed by atoms with Crippen molar-refractivity contribution >= 4 is 34.6 Å². The Bertz CT molecular complexity index is 453. The van der Waals surface area contributed by atoms with Crippen molar-refractivity contribution in [3.8, 4) is 0 Å². The van der Waals surface area contributed by atoms with E-state index in [2.05, 4.69) is 37.9 Å². The average molecular weight is 317 g/mol. The first kappa shape index (κ1) is 17.2. The van der Waals surface area contributed by atoms with Crippen LogP contribution in [0.25, 0.3) is 0 Å². The van der Waals surface area contributed by atoms with Crippen molar-refractivity contribution < 1.29 is 4.39 Å². The molecule has 0 saturated carbocycles. The van der Waals surface area contributed by atoms with Crippen LogP contribution in [0.2, 0.25) is 5.02 Å². The van der Waals surface area contributed by atoms with Crippen LogP contribution >= 0.6 is 23.8 Å². The lowest BCUT2D eigenvalue weighted by Gasteiger charge is -2.29. The fraction of sp³-hybridized carbons (Fsp3) is 0.533. The molecule has 0 aromatic heterocycles. The minimum absolute atomic E-state index is 0.0945. The summed E-state index contributed by atoms with van der Waals surface area (Å²) in [4.78, 5) is 2.14. The van der Waals surface area contributed by atoms with E-state index in [4.69, 9.17) is 23.8 Å². The van der Waals surface area contributed by atoms with E-state index in [1.807, 2.05) is 0 Å². The Labute approximate surface area is 131 Å². The molecule has 112 valence electrons. The van der Waals surface area contributed by atoms with E-state index in [0.29, 0.717) is 22.6 Å². The number of nitrogens with zero attached hydrogens (tertiary/aromatic N) is 1. The summed E-state index contributed by atoms with van der Waals surface area (Å²) in [5.74, 6) is 0.611. The van der Waals surface area contributed by atoms with Crippen LogP contribution < -0.4 is 5.32 Å². The smallest absolute Gasteiger partial charge is 0.173 e. The van der Waals surface area contributed by atoms with Crippen LogP contribution in [-0.2, 0) is 0 Å². The van der Waals surface area contributed by atoms with E-state index in [0.717, 1.165) is 13.1 Å². The standard InChI is InChI=1S/C15H22ClFN2S/c1-10(2)8-19(9-11(3)4)15(20)18-12-5-6-14(17)13(16)7-12/h5-7,10-11H,8-9H2,1-4H3,(H,18,20). The van der Waals surface area contributed by atoms with Gasteiger partial charge in [-0.25, -0.2) is 4.39 Å². The lowest BCUT2D eigenvalue weighted by Crippen LogP contribution is -2.39.